The van der Waals surface area contributed by atoms with Gasteiger partial charge < -0.3 is 29.5 Å². The maximum atomic E-state index is 15.4. The summed E-state index contributed by atoms with van der Waals surface area (Å²) in [7, 11) is -2.73. The van der Waals surface area contributed by atoms with Crippen molar-refractivity contribution in [2.75, 3.05) is 13.7 Å². The molecule has 59 heavy (non-hydrogen) atoms. The second-order valence-electron chi connectivity index (χ2n) is 16.9. The number of alkyl halides is 2. The first-order valence-corrected chi connectivity index (χ1v) is 21.2. The van der Waals surface area contributed by atoms with Crippen LogP contribution in [0.1, 0.15) is 86.5 Å². The van der Waals surface area contributed by atoms with E-state index in [-0.39, 0.29) is 30.5 Å². The number of fused-ring (bicyclic) bond motifs is 3. The van der Waals surface area contributed by atoms with Gasteiger partial charge in [0.05, 0.1) is 42.2 Å². The summed E-state index contributed by atoms with van der Waals surface area (Å²) < 4.78 is 90.8. The van der Waals surface area contributed by atoms with Gasteiger partial charge in [0, 0.05) is 24.6 Å². The molecule has 4 amide bonds. The van der Waals surface area contributed by atoms with Gasteiger partial charge in [0.25, 0.3) is 11.8 Å². The normalized spacial score (nSPS) is 29.2. The SMILES string of the molecule is CC[C@@H]1O[C@H](C)CC/C=C\[C@@H]2C[C@@]2(C(=O)NS(=O)(=O)C2(C)CC2)NC(=O)[C@@H]2C[C@@H](Oc3ncc(OC)c4ccc(F)cc34)CN2C(=O)[C@H]1N(C(=O)O)C(C)(C)C(C)(F)F. The predicted octanol–water partition coefficient (Wildman–Crippen LogP) is 4.92. The fourth-order valence-corrected chi connectivity index (χ4v) is 9.21. The molecule has 1 aromatic heterocycles. The number of aromatic nitrogens is 1. The van der Waals surface area contributed by atoms with Gasteiger partial charge in [-0.15, -0.1) is 0 Å². The molecule has 15 nitrogen and oxygen atoms in total. The number of halogens is 3. The Morgan fingerprint density at radius 2 is 1.88 bits per heavy atom. The maximum absolute atomic E-state index is 15.4. The van der Waals surface area contributed by atoms with Crippen molar-refractivity contribution < 1.29 is 60.1 Å². The minimum atomic E-state index is -4.13. The van der Waals surface area contributed by atoms with Crippen LogP contribution in [0.25, 0.3) is 10.8 Å². The number of hydrogen-bond acceptors (Lipinski definition) is 10. The number of methoxy groups -OCH3 is 1. The molecule has 0 bridgehead atoms. The zero-order chi connectivity index (χ0) is 43.5. The molecule has 1 saturated heterocycles. The number of carbonyl (C=O) groups excluding carboxylic acids is 3. The number of carboxylic acid groups (broad SMARTS) is 1. The minimum Gasteiger partial charge on any atom is -0.494 e. The Labute approximate surface area is 341 Å². The highest BCUT2D eigenvalue weighted by atomic mass is 32.2. The summed E-state index contributed by atoms with van der Waals surface area (Å²) in [6, 6.07) is 0.424. The second-order valence-corrected chi connectivity index (χ2v) is 19.1. The first-order chi connectivity index (χ1) is 27.5. The molecule has 1 aromatic carbocycles. The minimum absolute atomic E-state index is 0.00242. The lowest BCUT2D eigenvalue weighted by atomic mass is 9.90. The number of benzene rings is 1. The Morgan fingerprint density at radius 3 is 2.49 bits per heavy atom. The number of pyridine rings is 1. The number of nitrogens with one attached hydrogen (secondary N) is 2. The molecule has 2 aromatic rings. The van der Waals surface area contributed by atoms with Gasteiger partial charge in [-0.05, 0) is 84.4 Å². The molecule has 0 unspecified atom stereocenters. The van der Waals surface area contributed by atoms with Gasteiger partial charge in [0.1, 0.15) is 40.8 Å². The molecule has 0 radical (unpaired) electrons. The molecule has 2 saturated carbocycles. The summed E-state index contributed by atoms with van der Waals surface area (Å²) in [6.07, 6.45) is 1.16. The standard InChI is InChI=1S/C40H52F3N5O10S/c1-8-29-31(48(36(52)53)37(3,4)39(6,42)43)34(50)47-21-25(58-33-27-17-24(41)13-14-26(27)30(56-7)20-44-33)18-28(47)32(49)45-40(19-23(40)12-10-9-11-22(2)57-29)35(51)46-59(54,55)38(5)15-16-38/h10,12-14,17,20,22-23,25,28-29,31H,8-9,11,15-16,18-19,21H2,1-7H3,(H,45,49)(H,46,51)(H,52,53)/b12-10-/t22-,23-,25-,28+,29+,31+,40-/m1/s1. The van der Waals surface area contributed by atoms with Crippen LogP contribution in [0, 0.1) is 11.7 Å². The number of carbonyl (C=O) groups is 4. The van der Waals surface area contributed by atoms with Gasteiger partial charge in [-0.1, -0.05) is 19.1 Å². The number of ether oxygens (including phenoxy) is 3. The van der Waals surface area contributed by atoms with E-state index < -0.39 is 104 Å². The average molecular weight is 852 g/mol. The maximum Gasteiger partial charge on any atom is 0.408 e. The van der Waals surface area contributed by atoms with Crippen molar-refractivity contribution in [3.8, 4) is 11.6 Å². The average Bonchev–Trinajstić information content (AvgIpc) is 4.03. The monoisotopic (exact) mass is 851 g/mol. The molecular weight excluding hydrogens is 800 g/mol. The lowest BCUT2D eigenvalue weighted by Crippen LogP contribution is -2.68. The van der Waals surface area contributed by atoms with Crippen LogP contribution in [0.4, 0.5) is 18.0 Å². The van der Waals surface area contributed by atoms with Gasteiger partial charge in [0.2, 0.25) is 27.7 Å². The van der Waals surface area contributed by atoms with E-state index in [0.29, 0.717) is 48.6 Å². The zero-order valence-corrected chi connectivity index (χ0v) is 34.9. The quantitative estimate of drug-likeness (QED) is 0.275. The highest BCUT2D eigenvalue weighted by Gasteiger charge is 2.64. The van der Waals surface area contributed by atoms with Gasteiger partial charge in [-0.3, -0.25) is 24.0 Å². The van der Waals surface area contributed by atoms with E-state index in [1.165, 1.54) is 38.4 Å². The number of hydrogen-bond donors (Lipinski definition) is 3. The lowest BCUT2D eigenvalue weighted by Gasteiger charge is -2.47. The fourth-order valence-electron chi connectivity index (χ4n) is 7.89. The Morgan fingerprint density at radius 1 is 1.19 bits per heavy atom. The van der Waals surface area contributed by atoms with E-state index in [4.69, 9.17) is 14.2 Å². The van der Waals surface area contributed by atoms with E-state index in [2.05, 4.69) is 15.0 Å². The topological polar surface area (TPSA) is 194 Å². The third-order valence-electron chi connectivity index (χ3n) is 12.4. The van der Waals surface area contributed by atoms with E-state index in [9.17, 15) is 32.3 Å². The van der Waals surface area contributed by atoms with Crippen LogP contribution in [-0.2, 0) is 29.1 Å². The first-order valence-electron chi connectivity index (χ1n) is 19.7. The predicted molar refractivity (Wildman–Crippen MR) is 208 cm³/mol. The van der Waals surface area contributed by atoms with Crippen LogP contribution >= 0.6 is 0 Å². The zero-order valence-electron chi connectivity index (χ0n) is 34.1. The van der Waals surface area contributed by atoms with Crippen LogP contribution in [0.3, 0.4) is 0 Å². The molecule has 2 aliphatic heterocycles. The van der Waals surface area contributed by atoms with Crippen LogP contribution in [0.5, 0.6) is 11.6 Å². The number of rotatable bonds is 10. The summed E-state index contributed by atoms with van der Waals surface area (Å²) >= 11 is 0. The summed E-state index contributed by atoms with van der Waals surface area (Å²) in [5, 5.41) is 14.0. The molecule has 7 atom stereocenters. The van der Waals surface area contributed by atoms with Crippen LogP contribution in [-0.4, -0.2) is 118 Å². The Hall–Kier alpha value is -4.65. The van der Waals surface area contributed by atoms with Gasteiger partial charge in [0.15, 0.2) is 0 Å². The Balaban J connectivity index is 1.45. The highest BCUT2D eigenvalue weighted by Crippen LogP contribution is 2.48. The van der Waals surface area contributed by atoms with Crippen LogP contribution < -0.4 is 19.5 Å². The molecule has 3 fully saturated rings. The summed E-state index contributed by atoms with van der Waals surface area (Å²) in [4.78, 5) is 62.6. The van der Waals surface area contributed by atoms with Gasteiger partial charge >= 0.3 is 6.09 Å². The molecule has 6 rings (SSSR count). The highest BCUT2D eigenvalue weighted by molar-refractivity contribution is 7.91. The van der Waals surface area contributed by atoms with E-state index in [1.54, 1.807) is 26.0 Å². The van der Waals surface area contributed by atoms with Crippen LogP contribution in [0.2, 0.25) is 0 Å². The van der Waals surface area contributed by atoms with Crippen molar-refractivity contribution in [1.29, 1.82) is 0 Å². The molecule has 2 aliphatic carbocycles. The van der Waals surface area contributed by atoms with Crippen molar-refractivity contribution in [3.63, 3.8) is 0 Å². The second kappa shape index (κ2) is 15.7. The summed E-state index contributed by atoms with van der Waals surface area (Å²) in [6.45, 7) is 6.96. The van der Waals surface area contributed by atoms with Crippen molar-refractivity contribution in [2.45, 2.75) is 139 Å². The number of amides is 4. The first kappa shape index (κ1) is 43.9. The van der Waals surface area contributed by atoms with Gasteiger partial charge in [-0.2, -0.15) is 0 Å². The summed E-state index contributed by atoms with van der Waals surface area (Å²) in [5.74, 6) is -7.61. The molecule has 4 aliphatic rings. The van der Waals surface area contributed by atoms with E-state index in [0.717, 1.165) is 18.7 Å². The third-order valence-corrected chi connectivity index (χ3v) is 14.6. The van der Waals surface area contributed by atoms with Crippen LogP contribution in [0.15, 0.2) is 36.5 Å². The van der Waals surface area contributed by atoms with Crippen molar-refractivity contribution in [1.82, 2.24) is 24.8 Å². The summed E-state index contributed by atoms with van der Waals surface area (Å²) in [5.41, 5.74) is -4.22. The van der Waals surface area contributed by atoms with Crippen molar-refractivity contribution in [3.05, 3.63) is 42.4 Å². The molecule has 324 valence electrons. The molecule has 19 heteroatoms. The number of sulfonamides is 1. The Bertz CT molecular complexity index is 2140. The molecule has 3 N–H and O–H groups in total. The van der Waals surface area contributed by atoms with E-state index >= 15 is 13.6 Å². The van der Waals surface area contributed by atoms with Crippen molar-refractivity contribution >= 4 is 44.6 Å². The molecular formula is C40H52F3N5O10S. The lowest BCUT2D eigenvalue weighted by molar-refractivity contribution is -0.166. The Kier molecular flexibility index (Phi) is 11.7. The smallest absolute Gasteiger partial charge is 0.408 e. The van der Waals surface area contributed by atoms with E-state index in [1.807, 2.05) is 0 Å². The number of nitrogens with zero attached hydrogens (tertiary/aromatic N) is 3. The third kappa shape index (κ3) is 8.28. The fraction of sp³-hybridized carbons (Fsp3) is 0.625. The molecule has 3 heterocycles. The largest absolute Gasteiger partial charge is 0.494 e. The van der Waals surface area contributed by atoms with Gasteiger partial charge in [-0.25, -0.2) is 31.4 Å². The van der Waals surface area contributed by atoms with Crippen molar-refractivity contribution in [2.24, 2.45) is 5.92 Å². The number of allylic oxidation sites excluding steroid dienone is 1. The molecule has 0 spiro atoms.